The van der Waals surface area contributed by atoms with Crippen LogP contribution in [0, 0.1) is 13.8 Å². The number of pyridine rings is 1. The molecule has 0 saturated heterocycles. The zero-order chi connectivity index (χ0) is 12.4. The van der Waals surface area contributed by atoms with Gasteiger partial charge in [0.2, 0.25) is 0 Å². The highest BCUT2D eigenvalue weighted by atomic mass is 15.1. The van der Waals surface area contributed by atoms with Crippen LogP contribution < -0.4 is 0 Å². The molecule has 2 aromatic heterocycles. The Balaban J connectivity index is 2.42. The molecule has 2 heterocycles. The fourth-order valence-electron chi connectivity index (χ4n) is 3.47. The molecule has 17 heavy (non-hydrogen) atoms. The lowest BCUT2D eigenvalue weighted by Crippen LogP contribution is -2.13. The minimum absolute atomic E-state index is 0.223. The Morgan fingerprint density at radius 1 is 1.29 bits per heavy atom. The first kappa shape index (κ1) is 10.8. The van der Waals surface area contributed by atoms with Gasteiger partial charge in [0, 0.05) is 16.8 Å². The first-order valence-corrected chi connectivity index (χ1v) is 6.40. The highest BCUT2D eigenvalue weighted by molar-refractivity contribution is 5.51. The van der Waals surface area contributed by atoms with Gasteiger partial charge < -0.3 is 4.40 Å². The molecule has 1 aliphatic rings. The summed E-state index contributed by atoms with van der Waals surface area (Å²) >= 11 is 0. The van der Waals surface area contributed by atoms with E-state index in [0.717, 1.165) is 5.65 Å². The van der Waals surface area contributed by atoms with E-state index in [1.807, 2.05) is 0 Å². The van der Waals surface area contributed by atoms with E-state index in [9.17, 15) is 0 Å². The van der Waals surface area contributed by atoms with Crippen LogP contribution in [0.15, 0.2) is 12.1 Å². The van der Waals surface area contributed by atoms with Crippen LogP contribution in [0.4, 0.5) is 0 Å². The maximum atomic E-state index is 4.88. The molecule has 2 heteroatoms. The number of hydrogen-bond donors (Lipinski definition) is 0. The highest BCUT2D eigenvalue weighted by Gasteiger charge is 2.39. The lowest BCUT2D eigenvalue weighted by Gasteiger charge is -2.16. The van der Waals surface area contributed by atoms with Crippen LogP contribution in [0.25, 0.3) is 5.65 Å². The average Bonchev–Trinajstić information content (AvgIpc) is 2.64. The van der Waals surface area contributed by atoms with Crippen LogP contribution >= 0.6 is 0 Å². The van der Waals surface area contributed by atoms with Crippen molar-refractivity contribution in [2.45, 2.75) is 52.4 Å². The van der Waals surface area contributed by atoms with Crippen LogP contribution in [0.5, 0.6) is 0 Å². The molecule has 0 amide bonds. The minimum atomic E-state index is 0.223. The van der Waals surface area contributed by atoms with E-state index < -0.39 is 0 Å². The summed E-state index contributed by atoms with van der Waals surface area (Å²) in [5.41, 5.74) is 6.68. The molecule has 0 bridgehead atoms. The van der Waals surface area contributed by atoms with Crippen molar-refractivity contribution in [1.82, 2.24) is 9.38 Å². The van der Waals surface area contributed by atoms with Gasteiger partial charge in [-0.3, -0.25) is 0 Å². The van der Waals surface area contributed by atoms with Crippen molar-refractivity contribution in [2.24, 2.45) is 0 Å². The molecule has 0 N–H and O–H groups in total. The number of aryl methyl sites for hydroxylation is 2. The van der Waals surface area contributed by atoms with E-state index in [-0.39, 0.29) is 5.41 Å². The number of hydrogen-bond acceptors (Lipinski definition) is 1. The second-order valence-corrected chi connectivity index (χ2v) is 6.20. The molecular formula is C15H20N2. The van der Waals surface area contributed by atoms with E-state index >= 15 is 0 Å². The van der Waals surface area contributed by atoms with Gasteiger partial charge in [0.1, 0.15) is 5.65 Å². The Kier molecular flexibility index (Phi) is 1.99. The third kappa shape index (κ3) is 1.36. The third-order valence-corrected chi connectivity index (χ3v) is 4.01. The average molecular weight is 228 g/mol. The van der Waals surface area contributed by atoms with E-state index in [2.05, 4.69) is 51.2 Å². The monoisotopic (exact) mass is 228 g/mol. The van der Waals surface area contributed by atoms with Gasteiger partial charge in [-0.1, -0.05) is 20.8 Å². The van der Waals surface area contributed by atoms with Gasteiger partial charge in [-0.2, -0.15) is 0 Å². The first-order chi connectivity index (χ1) is 7.90. The predicted molar refractivity (Wildman–Crippen MR) is 70.7 cm³/mol. The van der Waals surface area contributed by atoms with Gasteiger partial charge >= 0.3 is 0 Å². The fourth-order valence-corrected chi connectivity index (χ4v) is 3.47. The summed E-state index contributed by atoms with van der Waals surface area (Å²) < 4.78 is 2.35. The Bertz CT molecular complexity index is 605. The van der Waals surface area contributed by atoms with Crippen molar-refractivity contribution >= 4 is 5.65 Å². The molecule has 0 aliphatic heterocycles. The largest absolute Gasteiger partial charge is 0.301 e. The highest BCUT2D eigenvalue weighted by Crippen LogP contribution is 2.45. The summed E-state index contributed by atoms with van der Waals surface area (Å²) in [5, 5.41) is 0. The number of fused-ring (bicyclic) bond motifs is 3. The Morgan fingerprint density at radius 3 is 2.71 bits per heavy atom. The van der Waals surface area contributed by atoms with Crippen LogP contribution in [0.3, 0.4) is 0 Å². The summed E-state index contributed by atoms with van der Waals surface area (Å²) in [6, 6.07) is 4.43. The molecule has 0 aromatic carbocycles. The normalized spacial score (nSPS) is 22.1. The van der Waals surface area contributed by atoms with Crippen LogP contribution in [0.2, 0.25) is 0 Å². The van der Waals surface area contributed by atoms with Gasteiger partial charge in [-0.15, -0.1) is 0 Å². The molecule has 2 nitrogen and oxygen atoms in total. The van der Waals surface area contributed by atoms with Crippen molar-refractivity contribution in [3.05, 3.63) is 34.8 Å². The molecule has 2 aromatic rings. The SMILES string of the molecule is Cc1cc(C)n2c3c(nc2c1)C(C)(C)CC3C. The van der Waals surface area contributed by atoms with Gasteiger partial charge in [-0.05, 0) is 43.9 Å². The molecule has 3 rings (SSSR count). The number of nitrogens with zero attached hydrogens (tertiary/aromatic N) is 2. The van der Waals surface area contributed by atoms with Crippen molar-refractivity contribution in [2.75, 3.05) is 0 Å². The topological polar surface area (TPSA) is 17.3 Å². The molecule has 0 saturated carbocycles. The first-order valence-electron chi connectivity index (χ1n) is 6.40. The summed E-state index contributed by atoms with van der Waals surface area (Å²) in [5.74, 6) is 0.608. The Labute approximate surface area is 103 Å². The second kappa shape index (κ2) is 3.12. The zero-order valence-corrected chi connectivity index (χ0v) is 11.3. The van der Waals surface area contributed by atoms with E-state index in [0.29, 0.717) is 5.92 Å². The smallest absolute Gasteiger partial charge is 0.137 e. The number of rotatable bonds is 0. The lowest BCUT2D eigenvalue weighted by atomic mass is 9.89. The number of aromatic nitrogens is 2. The predicted octanol–water partition coefficient (Wildman–Crippen LogP) is 3.74. The van der Waals surface area contributed by atoms with Crippen LogP contribution in [0.1, 0.15) is 55.8 Å². The van der Waals surface area contributed by atoms with Crippen molar-refractivity contribution in [1.29, 1.82) is 0 Å². The minimum Gasteiger partial charge on any atom is -0.301 e. The molecule has 0 spiro atoms. The molecule has 1 unspecified atom stereocenters. The summed E-state index contributed by atoms with van der Waals surface area (Å²) in [6.07, 6.45) is 1.21. The van der Waals surface area contributed by atoms with Crippen molar-refractivity contribution < 1.29 is 0 Å². The maximum Gasteiger partial charge on any atom is 0.137 e. The van der Waals surface area contributed by atoms with Crippen molar-refractivity contribution in [3.63, 3.8) is 0 Å². The summed E-state index contributed by atoms with van der Waals surface area (Å²) in [7, 11) is 0. The van der Waals surface area contributed by atoms with E-state index in [1.54, 1.807) is 0 Å². The van der Waals surface area contributed by atoms with E-state index in [1.165, 1.54) is 29.1 Å². The Morgan fingerprint density at radius 2 is 2.00 bits per heavy atom. The second-order valence-electron chi connectivity index (χ2n) is 6.20. The van der Waals surface area contributed by atoms with Gasteiger partial charge in [0.05, 0.1) is 5.69 Å². The van der Waals surface area contributed by atoms with Gasteiger partial charge in [-0.25, -0.2) is 4.98 Å². The van der Waals surface area contributed by atoms with Crippen LogP contribution in [-0.4, -0.2) is 9.38 Å². The molecule has 0 fully saturated rings. The fraction of sp³-hybridized carbons (Fsp3) is 0.533. The molecule has 1 atom stereocenters. The standard InChI is InChI=1S/C15H20N2/c1-9-6-11(3)17-12(7-9)16-14-13(17)10(2)8-15(14,4)5/h6-7,10H,8H2,1-5H3. The molecule has 90 valence electrons. The molecule has 0 radical (unpaired) electrons. The molecular weight excluding hydrogens is 208 g/mol. The molecule has 1 aliphatic carbocycles. The number of imidazole rings is 1. The third-order valence-electron chi connectivity index (χ3n) is 4.01. The summed E-state index contributed by atoms with van der Waals surface area (Å²) in [6.45, 7) is 11.3. The van der Waals surface area contributed by atoms with Crippen molar-refractivity contribution in [3.8, 4) is 0 Å². The summed E-state index contributed by atoms with van der Waals surface area (Å²) in [4.78, 5) is 4.88. The van der Waals surface area contributed by atoms with Crippen LogP contribution in [-0.2, 0) is 5.41 Å². The van der Waals surface area contributed by atoms with Gasteiger partial charge in [0.25, 0.3) is 0 Å². The maximum absolute atomic E-state index is 4.88. The lowest BCUT2D eigenvalue weighted by molar-refractivity contribution is 0.477. The van der Waals surface area contributed by atoms with E-state index in [4.69, 9.17) is 4.98 Å². The van der Waals surface area contributed by atoms with Gasteiger partial charge in [0.15, 0.2) is 0 Å². The quantitative estimate of drug-likeness (QED) is 0.671. The zero-order valence-electron chi connectivity index (χ0n) is 11.3. The Hall–Kier alpha value is -1.31.